The molecule has 5 heteroatoms. The minimum absolute atomic E-state index is 0.203. The van der Waals surface area contributed by atoms with E-state index >= 15 is 0 Å². The zero-order chi connectivity index (χ0) is 15.0. The van der Waals surface area contributed by atoms with Crippen molar-refractivity contribution in [2.45, 2.75) is 25.9 Å². The lowest BCUT2D eigenvalue weighted by atomic mass is 10.0. The second-order valence-electron chi connectivity index (χ2n) is 4.11. The first-order chi connectivity index (χ1) is 9.52. The maximum atomic E-state index is 11.8. The molecule has 0 aromatic heterocycles. The predicted molar refractivity (Wildman–Crippen MR) is 72.1 cm³/mol. The topological polar surface area (TPSA) is 80.7 Å². The lowest BCUT2D eigenvalue weighted by molar-refractivity contribution is -0.150. The molecule has 1 aromatic rings. The van der Waals surface area contributed by atoms with Gasteiger partial charge >= 0.3 is 11.9 Å². The fraction of sp³-hybridized carbons (Fsp3) is 0.267. The number of hydrogen-bond donors (Lipinski definition) is 1. The molecule has 20 heavy (non-hydrogen) atoms. The van der Waals surface area contributed by atoms with E-state index < -0.39 is 18.0 Å². The number of carbonyl (C=O) groups is 3. The summed E-state index contributed by atoms with van der Waals surface area (Å²) in [4.78, 5) is 33.5. The third-order valence-electron chi connectivity index (χ3n) is 2.59. The van der Waals surface area contributed by atoms with Crippen LogP contribution in [0.15, 0.2) is 42.5 Å². The minimum Gasteiger partial charge on any atom is -0.478 e. The number of hydrogen-bond acceptors (Lipinski definition) is 4. The van der Waals surface area contributed by atoms with Crippen LogP contribution in [-0.4, -0.2) is 28.9 Å². The van der Waals surface area contributed by atoms with Crippen molar-refractivity contribution in [2.75, 3.05) is 0 Å². The summed E-state index contributed by atoms with van der Waals surface area (Å²) < 4.78 is 5.02. The van der Waals surface area contributed by atoms with Crippen LogP contribution in [0.5, 0.6) is 0 Å². The van der Waals surface area contributed by atoms with Crippen LogP contribution in [0.2, 0.25) is 0 Å². The van der Waals surface area contributed by atoms with Gasteiger partial charge in [-0.1, -0.05) is 37.3 Å². The Bertz CT molecular complexity index is 504. The molecule has 0 aliphatic rings. The average molecular weight is 276 g/mol. The molecule has 0 fully saturated rings. The van der Waals surface area contributed by atoms with E-state index in [1.165, 1.54) is 0 Å². The lowest BCUT2D eigenvalue weighted by Crippen LogP contribution is -2.28. The molecule has 5 nitrogen and oxygen atoms in total. The van der Waals surface area contributed by atoms with Crippen molar-refractivity contribution in [3.05, 3.63) is 48.0 Å². The van der Waals surface area contributed by atoms with Gasteiger partial charge in [-0.25, -0.2) is 9.59 Å². The van der Waals surface area contributed by atoms with Crippen molar-refractivity contribution in [3.8, 4) is 0 Å². The van der Waals surface area contributed by atoms with E-state index in [1.54, 1.807) is 6.92 Å². The zero-order valence-electron chi connectivity index (χ0n) is 11.1. The fourth-order valence-corrected chi connectivity index (χ4v) is 1.60. The maximum Gasteiger partial charge on any atom is 0.331 e. The monoisotopic (exact) mass is 276 g/mol. The molecule has 1 aromatic carbocycles. The van der Waals surface area contributed by atoms with E-state index in [9.17, 15) is 14.4 Å². The van der Waals surface area contributed by atoms with Gasteiger partial charge < -0.3 is 9.84 Å². The smallest absolute Gasteiger partial charge is 0.331 e. The number of carboxylic acids is 1. The van der Waals surface area contributed by atoms with Gasteiger partial charge in [-0.15, -0.1) is 0 Å². The number of rotatable bonds is 7. The number of carbonyl (C=O) groups excluding carboxylic acids is 2. The first-order valence-corrected chi connectivity index (χ1v) is 6.21. The highest BCUT2D eigenvalue weighted by molar-refractivity contribution is 5.93. The summed E-state index contributed by atoms with van der Waals surface area (Å²) in [7, 11) is 0. The van der Waals surface area contributed by atoms with Gasteiger partial charge in [-0.05, 0) is 5.56 Å². The van der Waals surface area contributed by atoms with E-state index in [4.69, 9.17) is 9.84 Å². The van der Waals surface area contributed by atoms with Gasteiger partial charge in [-0.3, -0.25) is 4.79 Å². The van der Waals surface area contributed by atoms with Crippen LogP contribution in [-0.2, 0) is 25.5 Å². The third-order valence-corrected chi connectivity index (χ3v) is 2.59. The molecule has 0 aliphatic heterocycles. The number of benzene rings is 1. The largest absolute Gasteiger partial charge is 0.478 e. The minimum atomic E-state index is -1.25. The highest BCUT2D eigenvalue weighted by Gasteiger charge is 2.20. The number of aliphatic carboxylic acids is 1. The molecule has 0 aliphatic carbocycles. The maximum absolute atomic E-state index is 11.8. The van der Waals surface area contributed by atoms with Crippen molar-refractivity contribution < 1.29 is 24.2 Å². The van der Waals surface area contributed by atoms with Crippen molar-refractivity contribution >= 4 is 17.7 Å². The van der Waals surface area contributed by atoms with Gasteiger partial charge in [0.05, 0.1) is 0 Å². The molecule has 0 radical (unpaired) electrons. The number of ketones is 1. The summed E-state index contributed by atoms with van der Waals surface area (Å²) in [5.74, 6) is -2.29. The van der Waals surface area contributed by atoms with E-state index in [0.717, 1.165) is 11.6 Å². The Morgan fingerprint density at radius 2 is 1.85 bits per heavy atom. The van der Waals surface area contributed by atoms with Crippen molar-refractivity contribution in [3.63, 3.8) is 0 Å². The van der Waals surface area contributed by atoms with Crippen molar-refractivity contribution in [1.82, 2.24) is 0 Å². The van der Waals surface area contributed by atoms with Crippen LogP contribution < -0.4 is 0 Å². The van der Waals surface area contributed by atoms with Gasteiger partial charge in [0.2, 0.25) is 0 Å². The summed E-state index contributed by atoms with van der Waals surface area (Å²) in [6.07, 6.45) is 1.10. The van der Waals surface area contributed by atoms with Gasteiger partial charge in [0.25, 0.3) is 0 Å². The number of carboxylic acid groups (broad SMARTS) is 1. The lowest BCUT2D eigenvalue weighted by Gasteiger charge is -2.15. The molecule has 0 saturated heterocycles. The summed E-state index contributed by atoms with van der Waals surface area (Å²) in [6, 6.07) is 9.17. The van der Waals surface area contributed by atoms with Crippen molar-refractivity contribution in [2.24, 2.45) is 0 Å². The molecule has 1 N–H and O–H groups in total. The first-order valence-electron chi connectivity index (χ1n) is 6.21. The molecule has 1 rings (SSSR count). The summed E-state index contributed by atoms with van der Waals surface area (Å²) in [6.45, 7) is 1.68. The molecule has 0 saturated carbocycles. The SMILES string of the molecule is CCC(=O)C(Cc1ccccc1)OC(=O)/C=C/C(=O)O. The Balaban J connectivity index is 2.73. The first kappa shape index (κ1) is 15.6. The van der Waals surface area contributed by atoms with Crippen LogP contribution in [0, 0.1) is 0 Å². The molecule has 0 heterocycles. The van der Waals surface area contributed by atoms with E-state index in [1.807, 2.05) is 30.3 Å². The van der Waals surface area contributed by atoms with Gasteiger partial charge in [0.1, 0.15) is 0 Å². The van der Waals surface area contributed by atoms with Gasteiger partial charge in [0, 0.05) is 25.0 Å². The summed E-state index contributed by atoms with van der Waals surface area (Å²) >= 11 is 0. The second kappa shape index (κ2) is 7.89. The summed E-state index contributed by atoms with van der Waals surface area (Å²) in [5.41, 5.74) is 0.870. The van der Waals surface area contributed by atoms with Crippen molar-refractivity contribution in [1.29, 1.82) is 0 Å². The number of ether oxygens (including phenoxy) is 1. The zero-order valence-corrected chi connectivity index (χ0v) is 11.1. The van der Waals surface area contributed by atoms with E-state index in [0.29, 0.717) is 6.08 Å². The van der Waals surface area contributed by atoms with Crippen LogP contribution in [0.25, 0.3) is 0 Å². The summed E-state index contributed by atoms with van der Waals surface area (Å²) in [5, 5.41) is 8.43. The molecule has 1 atom stereocenters. The highest BCUT2D eigenvalue weighted by Crippen LogP contribution is 2.09. The molecular weight excluding hydrogens is 260 g/mol. The van der Waals surface area contributed by atoms with Crippen LogP contribution in [0.4, 0.5) is 0 Å². The van der Waals surface area contributed by atoms with Crippen LogP contribution in [0.1, 0.15) is 18.9 Å². The van der Waals surface area contributed by atoms with Crippen LogP contribution >= 0.6 is 0 Å². The predicted octanol–water partition coefficient (Wildman–Crippen LogP) is 1.76. The number of esters is 1. The highest BCUT2D eigenvalue weighted by atomic mass is 16.5. The second-order valence-corrected chi connectivity index (χ2v) is 4.11. The van der Waals surface area contributed by atoms with Gasteiger partial charge in [0.15, 0.2) is 11.9 Å². The fourth-order valence-electron chi connectivity index (χ4n) is 1.60. The standard InChI is InChI=1S/C15H16O5/c1-2-12(16)13(10-11-6-4-3-5-7-11)20-15(19)9-8-14(17)18/h3-9,13H,2,10H2,1H3,(H,17,18)/b9-8+. The molecule has 106 valence electrons. The third kappa shape index (κ3) is 5.48. The quantitative estimate of drug-likeness (QED) is 0.606. The Hall–Kier alpha value is -2.43. The molecular formula is C15H16O5. The average Bonchev–Trinajstić information content (AvgIpc) is 2.44. The molecule has 0 spiro atoms. The van der Waals surface area contributed by atoms with E-state index in [-0.39, 0.29) is 18.6 Å². The Kier molecular flexibility index (Phi) is 6.16. The number of Topliss-reactive ketones (excluding diaryl/α,β-unsaturated/α-hetero) is 1. The molecule has 0 bridgehead atoms. The normalized spacial score (nSPS) is 12.1. The van der Waals surface area contributed by atoms with E-state index in [2.05, 4.69) is 0 Å². The Morgan fingerprint density at radius 3 is 2.40 bits per heavy atom. The Labute approximate surface area is 116 Å². The van der Waals surface area contributed by atoms with Gasteiger partial charge in [-0.2, -0.15) is 0 Å². The molecule has 0 amide bonds. The molecule has 1 unspecified atom stereocenters. The Morgan fingerprint density at radius 1 is 1.20 bits per heavy atom. The van der Waals surface area contributed by atoms with Crippen LogP contribution in [0.3, 0.4) is 0 Å².